The van der Waals surface area contributed by atoms with Crippen LogP contribution >= 0.6 is 11.6 Å². The normalized spacial score (nSPS) is 11.8. The fraction of sp³-hybridized carbons (Fsp3) is 0.500. The number of nitrogens with zero attached hydrogens (tertiary/aromatic N) is 1. The Morgan fingerprint density at radius 3 is 2.54 bits per heavy atom. The lowest BCUT2D eigenvalue weighted by Gasteiger charge is -2.18. The molecule has 0 aliphatic rings. The van der Waals surface area contributed by atoms with Crippen LogP contribution in [-0.4, -0.2) is 10.5 Å². The molecule has 1 aromatic rings. The monoisotopic (exact) mass is 198 g/mol. The van der Waals surface area contributed by atoms with Crippen molar-refractivity contribution in [2.24, 2.45) is 5.73 Å². The maximum Gasteiger partial charge on any atom is 0.129 e. The van der Waals surface area contributed by atoms with Crippen molar-refractivity contribution in [2.75, 3.05) is 0 Å². The molecule has 1 rings (SSSR count). The van der Waals surface area contributed by atoms with Crippen LogP contribution < -0.4 is 5.73 Å². The van der Waals surface area contributed by atoms with Crippen LogP contribution in [-0.2, 0) is 6.42 Å². The highest BCUT2D eigenvalue weighted by Crippen LogP contribution is 2.14. The molecular formula is C10H15ClN2. The number of aryl methyl sites for hydroxylation is 1. The smallest absolute Gasteiger partial charge is 0.129 e. The first-order chi connectivity index (χ1) is 5.87. The van der Waals surface area contributed by atoms with Crippen molar-refractivity contribution in [3.05, 3.63) is 28.5 Å². The van der Waals surface area contributed by atoms with Crippen LogP contribution in [0.4, 0.5) is 0 Å². The Morgan fingerprint density at radius 2 is 2.08 bits per heavy atom. The first-order valence-electron chi connectivity index (χ1n) is 4.29. The van der Waals surface area contributed by atoms with E-state index in [0.717, 1.165) is 17.7 Å². The lowest BCUT2D eigenvalue weighted by molar-refractivity contribution is 0.516. The van der Waals surface area contributed by atoms with Gasteiger partial charge in [0.05, 0.1) is 0 Å². The Bertz CT molecular complexity index is 282. The molecular weight excluding hydrogens is 184 g/mol. The Kier molecular flexibility index (Phi) is 2.94. The van der Waals surface area contributed by atoms with E-state index in [-0.39, 0.29) is 5.54 Å². The third-order valence-corrected chi connectivity index (χ3v) is 1.84. The van der Waals surface area contributed by atoms with E-state index >= 15 is 0 Å². The summed E-state index contributed by atoms with van der Waals surface area (Å²) in [4.78, 5) is 4.09. The number of nitrogens with two attached hydrogens (primary N) is 1. The van der Waals surface area contributed by atoms with Crippen molar-refractivity contribution >= 4 is 11.6 Å². The van der Waals surface area contributed by atoms with Crippen molar-refractivity contribution in [1.29, 1.82) is 0 Å². The first-order valence-corrected chi connectivity index (χ1v) is 4.66. The summed E-state index contributed by atoms with van der Waals surface area (Å²) < 4.78 is 0. The molecule has 1 heterocycles. The Labute approximate surface area is 84.1 Å². The number of pyridine rings is 1. The third kappa shape index (κ3) is 3.75. The highest BCUT2D eigenvalue weighted by molar-refractivity contribution is 6.29. The topological polar surface area (TPSA) is 38.9 Å². The van der Waals surface area contributed by atoms with E-state index in [1.165, 1.54) is 0 Å². The van der Waals surface area contributed by atoms with Crippen LogP contribution in [0.3, 0.4) is 0 Å². The lowest BCUT2D eigenvalue weighted by Crippen LogP contribution is -2.34. The molecule has 0 radical (unpaired) electrons. The van der Waals surface area contributed by atoms with Gasteiger partial charge < -0.3 is 5.73 Å². The van der Waals surface area contributed by atoms with Crippen molar-refractivity contribution in [3.63, 3.8) is 0 Å². The molecule has 0 amide bonds. The lowest BCUT2D eigenvalue weighted by atomic mass is 9.97. The standard InChI is InChI=1S/C10H15ClN2/c1-7-4-8(5-9(11)13-7)6-10(2,3)12/h4-5H,6,12H2,1-3H3. The van der Waals surface area contributed by atoms with Crippen molar-refractivity contribution < 1.29 is 0 Å². The Morgan fingerprint density at radius 1 is 1.46 bits per heavy atom. The maximum absolute atomic E-state index is 5.90. The van der Waals surface area contributed by atoms with Crippen LogP contribution in [0.1, 0.15) is 25.1 Å². The largest absolute Gasteiger partial charge is 0.325 e. The molecule has 0 aromatic carbocycles. The number of hydrogen-bond acceptors (Lipinski definition) is 2. The molecule has 1 aromatic heterocycles. The molecule has 3 heteroatoms. The molecule has 0 bridgehead atoms. The number of rotatable bonds is 2. The average Bonchev–Trinajstić information content (AvgIpc) is 1.78. The quantitative estimate of drug-likeness (QED) is 0.741. The molecule has 0 saturated carbocycles. The number of halogens is 1. The predicted molar refractivity (Wildman–Crippen MR) is 56.0 cm³/mol. The van der Waals surface area contributed by atoms with Gasteiger partial charge in [0.15, 0.2) is 0 Å². The number of hydrogen-bond donors (Lipinski definition) is 1. The van der Waals surface area contributed by atoms with Gasteiger partial charge in [-0.2, -0.15) is 0 Å². The van der Waals surface area contributed by atoms with Gasteiger partial charge in [-0.05, 0) is 44.9 Å². The van der Waals surface area contributed by atoms with Crippen LogP contribution in [0, 0.1) is 6.92 Å². The van der Waals surface area contributed by atoms with E-state index < -0.39 is 0 Å². The summed E-state index contributed by atoms with van der Waals surface area (Å²) in [7, 11) is 0. The number of aromatic nitrogens is 1. The molecule has 0 aliphatic heterocycles. The zero-order valence-corrected chi connectivity index (χ0v) is 9.02. The third-order valence-electron chi connectivity index (χ3n) is 1.64. The molecule has 2 N–H and O–H groups in total. The SMILES string of the molecule is Cc1cc(CC(C)(C)N)cc(Cl)n1. The minimum Gasteiger partial charge on any atom is -0.325 e. The molecule has 0 unspecified atom stereocenters. The van der Waals surface area contributed by atoms with Gasteiger partial charge in [0.25, 0.3) is 0 Å². The fourth-order valence-electron chi connectivity index (χ4n) is 1.32. The van der Waals surface area contributed by atoms with Gasteiger partial charge in [0, 0.05) is 11.2 Å². The average molecular weight is 199 g/mol. The summed E-state index contributed by atoms with van der Waals surface area (Å²) in [6.45, 7) is 5.92. The van der Waals surface area contributed by atoms with E-state index in [9.17, 15) is 0 Å². The van der Waals surface area contributed by atoms with E-state index in [1.54, 1.807) is 0 Å². The van der Waals surface area contributed by atoms with Crippen LogP contribution in [0.2, 0.25) is 5.15 Å². The zero-order valence-electron chi connectivity index (χ0n) is 8.26. The Balaban J connectivity index is 2.90. The fourth-order valence-corrected chi connectivity index (χ4v) is 1.60. The second-order valence-electron chi connectivity index (χ2n) is 4.10. The highest BCUT2D eigenvalue weighted by atomic mass is 35.5. The maximum atomic E-state index is 5.90. The summed E-state index contributed by atoms with van der Waals surface area (Å²) >= 11 is 5.83. The van der Waals surface area contributed by atoms with E-state index in [4.69, 9.17) is 17.3 Å². The molecule has 0 spiro atoms. The van der Waals surface area contributed by atoms with E-state index in [2.05, 4.69) is 4.98 Å². The summed E-state index contributed by atoms with van der Waals surface area (Å²) in [5.74, 6) is 0. The molecule has 0 aliphatic carbocycles. The second kappa shape index (κ2) is 3.64. The van der Waals surface area contributed by atoms with E-state index in [0.29, 0.717) is 5.15 Å². The van der Waals surface area contributed by atoms with Crippen LogP contribution in [0.15, 0.2) is 12.1 Å². The molecule has 13 heavy (non-hydrogen) atoms. The first kappa shape index (κ1) is 10.5. The predicted octanol–water partition coefficient (Wildman–Crippen LogP) is 2.32. The minimum atomic E-state index is -0.197. The van der Waals surface area contributed by atoms with Gasteiger partial charge in [-0.3, -0.25) is 0 Å². The van der Waals surface area contributed by atoms with Crippen LogP contribution in [0.5, 0.6) is 0 Å². The Hall–Kier alpha value is -0.600. The van der Waals surface area contributed by atoms with E-state index in [1.807, 2.05) is 32.9 Å². The highest BCUT2D eigenvalue weighted by Gasteiger charge is 2.12. The van der Waals surface area contributed by atoms with Crippen LogP contribution in [0.25, 0.3) is 0 Å². The molecule has 0 saturated heterocycles. The van der Waals surface area contributed by atoms with Gasteiger partial charge >= 0.3 is 0 Å². The molecule has 72 valence electrons. The second-order valence-corrected chi connectivity index (χ2v) is 4.49. The van der Waals surface area contributed by atoms with Gasteiger partial charge in [-0.25, -0.2) is 4.98 Å². The minimum absolute atomic E-state index is 0.197. The summed E-state index contributed by atoms with van der Waals surface area (Å²) in [6.07, 6.45) is 0.816. The summed E-state index contributed by atoms with van der Waals surface area (Å²) in [5, 5.41) is 0.541. The molecule has 0 atom stereocenters. The van der Waals surface area contributed by atoms with Crippen molar-refractivity contribution in [2.45, 2.75) is 32.7 Å². The molecule has 0 fully saturated rings. The van der Waals surface area contributed by atoms with Gasteiger partial charge in [0.2, 0.25) is 0 Å². The zero-order chi connectivity index (χ0) is 10.1. The molecule has 2 nitrogen and oxygen atoms in total. The van der Waals surface area contributed by atoms with Gasteiger partial charge in [-0.15, -0.1) is 0 Å². The van der Waals surface area contributed by atoms with Crippen molar-refractivity contribution in [3.8, 4) is 0 Å². The summed E-state index contributed by atoms with van der Waals surface area (Å²) in [5.41, 5.74) is 7.79. The van der Waals surface area contributed by atoms with Gasteiger partial charge in [-0.1, -0.05) is 11.6 Å². The summed E-state index contributed by atoms with van der Waals surface area (Å²) in [6, 6.07) is 3.88. The van der Waals surface area contributed by atoms with Crippen molar-refractivity contribution in [1.82, 2.24) is 4.98 Å². The van der Waals surface area contributed by atoms with Gasteiger partial charge in [0.1, 0.15) is 5.15 Å².